The number of benzene rings is 1. The molecule has 1 saturated carbocycles. The van der Waals surface area contributed by atoms with Gasteiger partial charge in [-0.2, -0.15) is 5.10 Å². The second-order valence-corrected chi connectivity index (χ2v) is 7.43. The predicted octanol–water partition coefficient (Wildman–Crippen LogP) is 3.16. The molecule has 2 heterocycles. The van der Waals surface area contributed by atoms with Crippen LogP contribution in [0.2, 0.25) is 0 Å². The number of carbonyl (C=O) groups is 2. The Labute approximate surface area is 163 Å². The average molecular weight is 429 g/mol. The molecule has 0 aliphatic heterocycles. The lowest BCUT2D eigenvalue weighted by molar-refractivity contribution is 0.0961. The first-order valence-electron chi connectivity index (χ1n) is 8.44. The Morgan fingerprint density at radius 2 is 2.07 bits per heavy atom. The number of rotatable bonds is 5. The van der Waals surface area contributed by atoms with Crippen LogP contribution >= 0.6 is 15.9 Å². The third-order valence-electron chi connectivity index (χ3n) is 4.53. The Morgan fingerprint density at radius 3 is 2.78 bits per heavy atom. The molecule has 0 spiro atoms. The van der Waals surface area contributed by atoms with Gasteiger partial charge in [-0.1, -0.05) is 22.0 Å². The van der Waals surface area contributed by atoms with Gasteiger partial charge in [0.15, 0.2) is 11.5 Å². The molecule has 138 valence electrons. The Morgan fingerprint density at radius 1 is 1.30 bits per heavy atom. The fourth-order valence-corrected chi connectivity index (χ4v) is 3.31. The SMILES string of the molecule is Cc1ccc(Br)cc1N(C(=O)c1[nH]cnc1C(N)=O)c1cc(C2CC2)[nH]n1. The van der Waals surface area contributed by atoms with Crippen molar-refractivity contribution in [3.05, 3.63) is 57.7 Å². The fraction of sp³-hybridized carbons (Fsp3) is 0.222. The number of hydrogen-bond donors (Lipinski definition) is 3. The van der Waals surface area contributed by atoms with Crippen LogP contribution in [0.5, 0.6) is 0 Å². The lowest BCUT2D eigenvalue weighted by Crippen LogP contribution is -2.30. The molecular weight excluding hydrogens is 412 g/mol. The minimum absolute atomic E-state index is 0.0258. The first-order chi connectivity index (χ1) is 13.0. The summed E-state index contributed by atoms with van der Waals surface area (Å²) in [7, 11) is 0. The molecule has 27 heavy (non-hydrogen) atoms. The lowest BCUT2D eigenvalue weighted by Gasteiger charge is -2.22. The smallest absolute Gasteiger partial charge is 0.283 e. The summed E-state index contributed by atoms with van der Waals surface area (Å²) in [5.41, 5.74) is 7.80. The average Bonchev–Trinajstić information content (AvgIpc) is 3.17. The summed E-state index contributed by atoms with van der Waals surface area (Å²) in [6.07, 6.45) is 3.50. The van der Waals surface area contributed by atoms with Gasteiger partial charge >= 0.3 is 0 Å². The molecule has 1 aromatic carbocycles. The van der Waals surface area contributed by atoms with Crippen molar-refractivity contribution in [1.82, 2.24) is 20.2 Å². The van der Waals surface area contributed by atoms with Gasteiger partial charge in [0, 0.05) is 22.2 Å². The highest BCUT2D eigenvalue weighted by Crippen LogP contribution is 2.41. The van der Waals surface area contributed by atoms with E-state index < -0.39 is 11.8 Å². The zero-order valence-electron chi connectivity index (χ0n) is 14.5. The van der Waals surface area contributed by atoms with Crippen LogP contribution in [0.25, 0.3) is 0 Å². The second-order valence-electron chi connectivity index (χ2n) is 6.52. The van der Waals surface area contributed by atoms with Gasteiger partial charge in [-0.15, -0.1) is 0 Å². The van der Waals surface area contributed by atoms with Crippen molar-refractivity contribution < 1.29 is 9.59 Å². The normalized spacial score (nSPS) is 13.6. The summed E-state index contributed by atoms with van der Waals surface area (Å²) in [6, 6.07) is 7.50. The number of aromatic amines is 2. The molecule has 0 radical (unpaired) electrons. The molecule has 4 rings (SSSR count). The maximum atomic E-state index is 13.4. The van der Waals surface area contributed by atoms with Crippen LogP contribution in [-0.4, -0.2) is 32.0 Å². The zero-order valence-corrected chi connectivity index (χ0v) is 16.1. The molecule has 1 fully saturated rings. The van der Waals surface area contributed by atoms with Crippen molar-refractivity contribution in [2.45, 2.75) is 25.7 Å². The summed E-state index contributed by atoms with van der Waals surface area (Å²) < 4.78 is 0.818. The lowest BCUT2D eigenvalue weighted by atomic mass is 10.1. The first-order valence-corrected chi connectivity index (χ1v) is 9.24. The van der Waals surface area contributed by atoms with Crippen molar-refractivity contribution in [2.24, 2.45) is 5.73 Å². The number of carbonyl (C=O) groups excluding carboxylic acids is 2. The Balaban J connectivity index is 1.84. The Bertz CT molecular complexity index is 1040. The molecule has 0 bridgehead atoms. The molecular formula is C18H17BrN6O2. The number of H-pyrrole nitrogens is 2. The number of nitrogens with one attached hydrogen (secondary N) is 2. The number of hydrogen-bond acceptors (Lipinski definition) is 4. The Kier molecular flexibility index (Phi) is 4.31. The third kappa shape index (κ3) is 3.25. The zero-order chi connectivity index (χ0) is 19.1. The number of anilines is 2. The molecule has 3 aromatic rings. The van der Waals surface area contributed by atoms with Crippen LogP contribution < -0.4 is 10.6 Å². The largest absolute Gasteiger partial charge is 0.364 e. The van der Waals surface area contributed by atoms with E-state index in [4.69, 9.17) is 5.73 Å². The van der Waals surface area contributed by atoms with Gasteiger partial charge in [0.05, 0.1) is 12.0 Å². The second kappa shape index (κ2) is 6.66. The number of aryl methyl sites for hydroxylation is 1. The van der Waals surface area contributed by atoms with E-state index in [-0.39, 0.29) is 11.4 Å². The highest BCUT2D eigenvalue weighted by molar-refractivity contribution is 9.10. The van der Waals surface area contributed by atoms with E-state index in [1.165, 1.54) is 11.2 Å². The van der Waals surface area contributed by atoms with E-state index in [1.807, 2.05) is 31.2 Å². The van der Waals surface area contributed by atoms with Crippen molar-refractivity contribution >= 4 is 39.2 Å². The summed E-state index contributed by atoms with van der Waals surface area (Å²) in [5, 5.41) is 7.36. The van der Waals surface area contributed by atoms with Crippen molar-refractivity contribution in [1.29, 1.82) is 0 Å². The molecule has 2 amide bonds. The number of aromatic nitrogens is 4. The fourth-order valence-electron chi connectivity index (χ4n) is 2.96. The van der Waals surface area contributed by atoms with Gasteiger partial charge in [0.2, 0.25) is 0 Å². The monoisotopic (exact) mass is 428 g/mol. The quantitative estimate of drug-likeness (QED) is 0.577. The van der Waals surface area contributed by atoms with E-state index in [9.17, 15) is 9.59 Å². The molecule has 1 aliphatic carbocycles. The van der Waals surface area contributed by atoms with E-state index in [1.54, 1.807) is 0 Å². The maximum Gasteiger partial charge on any atom is 0.283 e. The summed E-state index contributed by atoms with van der Waals surface area (Å²) in [5.74, 6) is -0.323. The van der Waals surface area contributed by atoms with Crippen LogP contribution in [0, 0.1) is 6.92 Å². The van der Waals surface area contributed by atoms with E-state index in [0.29, 0.717) is 17.4 Å². The van der Waals surface area contributed by atoms with Crippen molar-refractivity contribution in [3.63, 3.8) is 0 Å². The van der Waals surface area contributed by atoms with Gasteiger partial charge in [-0.05, 0) is 37.5 Å². The molecule has 0 saturated heterocycles. The van der Waals surface area contributed by atoms with Crippen LogP contribution in [0.15, 0.2) is 35.1 Å². The first kappa shape index (κ1) is 17.5. The molecule has 2 aromatic heterocycles. The topological polar surface area (TPSA) is 121 Å². The highest BCUT2D eigenvalue weighted by Gasteiger charge is 2.31. The minimum Gasteiger partial charge on any atom is -0.364 e. The van der Waals surface area contributed by atoms with Crippen LogP contribution in [-0.2, 0) is 0 Å². The third-order valence-corrected chi connectivity index (χ3v) is 5.03. The summed E-state index contributed by atoms with van der Waals surface area (Å²) in [6.45, 7) is 1.90. The molecule has 0 unspecified atom stereocenters. The summed E-state index contributed by atoms with van der Waals surface area (Å²) >= 11 is 3.45. The number of primary amides is 1. The number of nitrogens with two attached hydrogens (primary N) is 1. The van der Waals surface area contributed by atoms with Crippen molar-refractivity contribution in [2.75, 3.05) is 4.90 Å². The van der Waals surface area contributed by atoms with Crippen LogP contribution in [0.4, 0.5) is 11.5 Å². The van der Waals surface area contributed by atoms with Gasteiger partial charge < -0.3 is 10.7 Å². The van der Waals surface area contributed by atoms with Gasteiger partial charge in [0.25, 0.3) is 11.8 Å². The predicted molar refractivity (Wildman–Crippen MR) is 103 cm³/mol. The van der Waals surface area contributed by atoms with Gasteiger partial charge in [-0.3, -0.25) is 19.6 Å². The van der Waals surface area contributed by atoms with E-state index in [2.05, 4.69) is 36.1 Å². The van der Waals surface area contributed by atoms with E-state index in [0.717, 1.165) is 28.6 Å². The van der Waals surface area contributed by atoms with Crippen molar-refractivity contribution in [3.8, 4) is 0 Å². The molecule has 0 atom stereocenters. The molecule has 9 heteroatoms. The minimum atomic E-state index is -0.772. The Hall–Kier alpha value is -2.94. The standard InChI is InChI=1S/C18H17BrN6O2/c1-9-2-5-11(19)6-13(9)25(14-7-12(23-24-14)10-3-4-10)18(27)16-15(17(20)26)21-8-22-16/h2,5-8,10H,3-4H2,1H3,(H2,20,26)(H,21,22)(H,23,24). The number of amides is 2. The summed E-state index contributed by atoms with van der Waals surface area (Å²) in [4.78, 5) is 33.1. The molecule has 8 nitrogen and oxygen atoms in total. The van der Waals surface area contributed by atoms with Crippen LogP contribution in [0.3, 0.4) is 0 Å². The van der Waals surface area contributed by atoms with E-state index >= 15 is 0 Å². The maximum absolute atomic E-state index is 13.4. The number of imidazole rings is 1. The number of halogens is 1. The number of nitrogens with zero attached hydrogens (tertiary/aromatic N) is 3. The molecule has 4 N–H and O–H groups in total. The van der Waals surface area contributed by atoms with Gasteiger partial charge in [0.1, 0.15) is 5.69 Å². The van der Waals surface area contributed by atoms with Gasteiger partial charge in [-0.25, -0.2) is 4.98 Å². The highest BCUT2D eigenvalue weighted by atomic mass is 79.9. The molecule has 1 aliphatic rings. The van der Waals surface area contributed by atoms with Crippen LogP contribution in [0.1, 0.15) is 51.0 Å².